The first kappa shape index (κ1) is 23.0. The molecule has 2 aromatic carbocycles. The number of rotatable bonds is 4. The highest BCUT2D eigenvalue weighted by molar-refractivity contribution is 5.42. The van der Waals surface area contributed by atoms with Gasteiger partial charge < -0.3 is 0 Å². The molecule has 0 aliphatic rings. The molecule has 0 N–H and O–H groups in total. The molecule has 0 heterocycles. The van der Waals surface area contributed by atoms with Gasteiger partial charge in [0.05, 0.1) is 0 Å². The van der Waals surface area contributed by atoms with Crippen molar-refractivity contribution in [3.05, 3.63) is 69.8 Å². The molecule has 0 aromatic heterocycles. The zero-order valence-electron chi connectivity index (χ0n) is 18.9. The molecule has 2 rings (SSSR count). The highest BCUT2D eigenvalue weighted by atomic mass is 14.4. The molecule has 0 heteroatoms. The number of hydrogen-bond acceptors (Lipinski definition) is 0. The predicted octanol–water partition coefficient (Wildman–Crippen LogP) is 7.63. The Kier molecular flexibility index (Phi) is 7.50. The largest absolute Gasteiger partial charge is 0.124 e. The maximum atomic E-state index is 4.00. The number of terminal acetylenes is 1. The summed E-state index contributed by atoms with van der Waals surface area (Å²) in [5.74, 6) is 0.509. The molecule has 0 saturated carbocycles. The van der Waals surface area contributed by atoms with Crippen molar-refractivity contribution in [1.29, 1.82) is 0 Å². The lowest BCUT2D eigenvalue weighted by atomic mass is 9.60. The molecule has 0 radical (unpaired) electrons. The summed E-state index contributed by atoms with van der Waals surface area (Å²) >= 11 is 0. The van der Waals surface area contributed by atoms with Gasteiger partial charge in [0, 0.05) is 0 Å². The van der Waals surface area contributed by atoms with E-state index in [-0.39, 0.29) is 10.8 Å². The van der Waals surface area contributed by atoms with E-state index in [2.05, 4.69) is 112 Å². The van der Waals surface area contributed by atoms with Gasteiger partial charge in [-0.3, -0.25) is 0 Å². The van der Waals surface area contributed by atoms with E-state index >= 15 is 0 Å². The highest BCUT2D eigenvalue weighted by Gasteiger charge is 2.39. The van der Waals surface area contributed by atoms with Crippen LogP contribution in [0.4, 0.5) is 0 Å². The fourth-order valence-electron chi connectivity index (χ4n) is 3.66. The molecule has 0 nitrogen and oxygen atoms in total. The molecule has 0 saturated heterocycles. The Morgan fingerprint density at radius 2 is 1.41 bits per heavy atom. The number of benzene rings is 2. The van der Waals surface area contributed by atoms with Crippen LogP contribution < -0.4 is 0 Å². The van der Waals surface area contributed by atoms with Crippen molar-refractivity contribution in [2.45, 2.75) is 74.7 Å². The molecule has 2 aromatic rings. The smallest absolute Gasteiger partial charge is 0.00227 e. The third kappa shape index (κ3) is 5.04. The van der Waals surface area contributed by atoms with Crippen LogP contribution >= 0.6 is 0 Å². The van der Waals surface area contributed by atoms with Crippen molar-refractivity contribution in [3.63, 3.8) is 0 Å². The van der Waals surface area contributed by atoms with Gasteiger partial charge in [0.25, 0.3) is 0 Å². The van der Waals surface area contributed by atoms with Gasteiger partial charge >= 0.3 is 0 Å². The maximum Gasteiger partial charge on any atom is -0.00227 e. The summed E-state index contributed by atoms with van der Waals surface area (Å²) in [6.07, 6.45) is 9.02. The van der Waals surface area contributed by atoms with Gasteiger partial charge in [0.2, 0.25) is 0 Å². The minimum absolute atomic E-state index is 0.219. The maximum absolute atomic E-state index is 4.00. The van der Waals surface area contributed by atoms with E-state index in [0.717, 1.165) is 6.42 Å². The van der Waals surface area contributed by atoms with E-state index in [1.54, 1.807) is 5.56 Å². The van der Waals surface area contributed by atoms with E-state index < -0.39 is 0 Å². The van der Waals surface area contributed by atoms with Crippen LogP contribution in [0.5, 0.6) is 0 Å². The fraction of sp³-hybridized carbons (Fsp3) is 0.481. The second-order valence-electron chi connectivity index (χ2n) is 9.44. The van der Waals surface area contributed by atoms with E-state index in [1.165, 1.54) is 27.8 Å². The summed E-state index contributed by atoms with van der Waals surface area (Å²) in [6, 6.07) is 13.7. The van der Waals surface area contributed by atoms with Crippen molar-refractivity contribution in [3.8, 4) is 12.8 Å². The highest BCUT2D eigenvalue weighted by Crippen LogP contribution is 2.49. The Labute approximate surface area is 168 Å². The number of aryl methyl sites for hydroxylation is 3. The van der Waals surface area contributed by atoms with Gasteiger partial charge in [-0.1, -0.05) is 77.9 Å². The van der Waals surface area contributed by atoms with Gasteiger partial charge in [0.1, 0.15) is 0 Å². The second kappa shape index (κ2) is 8.79. The topological polar surface area (TPSA) is 0 Å². The summed E-state index contributed by atoms with van der Waals surface area (Å²) in [6.45, 7) is 21.0. The lowest BCUT2D eigenvalue weighted by Crippen LogP contribution is -2.35. The monoisotopic (exact) mass is 362 g/mol. The summed E-state index contributed by atoms with van der Waals surface area (Å²) in [5.41, 5.74) is 9.09. The summed E-state index contributed by atoms with van der Waals surface area (Å²) in [4.78, 5) is 0. The van der Waals surface area contributed by atoms with Crippen LogP contribution in [-0.4, -0.2) is 0 Å². The van der Waals surface area contributed by atoms with Crippen molar-refractivity contribution in [2.24, 2.45) is 10.8 Å². The first-order valence-corrected chi connectivity index (χ1v) is 9.93. The molecule has 1 unspecified atom stereocenters. The third-order valence-electron chi connectivity index (χ3n) is 6.83. The van der Waals surface area contributed by atoms with Crippen molar-refractivity contribution < 1.29 is 0 Å². The van der Waals surface area contributed by atoms with Crippen LogP contribution in [0.1, 0.15) is 80.8 Å². The van der Waals surface area contributed by atoms with Crippen LogP contribution in [0.15, 0.2) is 36.4 Å². The van der Waals surface area contributed by atoms with E-state index in [0.29, 0.717) is 5.92 Å². The average Bonchev–Trinajstić information content (AvgIpc) is 2.58. The van der Waals surface area contributed by atoms with Crippen LogP contribution in [0.25, 0.3) is 0 Å². The normalized spacial score (nSPS) is 12.9. The molecule has 0 aliphatic heterocycles. The molecule has 0 aliphatic carbocycles. The van der Waals surface area contributed by atoms with E-state index in [9.17, 15) is 0 Å². The van der Waals surface area contributed by atoms with E-state index in [4.69, 9.17) is 0 Å². The molecular formula is C27H38. The predicted molar refractivity (Wildman–Crippen MR) is 121 cm³/mol. The van der Waals surface area contributed by atoms with Gasteiger partial charge in [-0.05, 0) is 77.3 Å². The Bertz CT molecular complexity index is 781. The Hall–Kier alpha value is -2.00. The van der Waals surface area contributed by atoms with Gasteiger partial charge in [-0.2, -0.15) is 0 Å². The third-order valence-corrected chi connectivity index (χ3v) is 6.83. The number of hydrogen-bond donors (Lipinski definition) is 0. The standard InChI is InChI=1S/C25H36.C2H2/c1-17-13-14-21(15-19(17)3)16-22-12-10-11-18(2)23(22)20(4)25(8,9)24(5,6)7;1-2/h10-15,20H,16H2,1-9H3;1-2H. The molecule has 27 heavy (non-hydrogen) atoms. The molecule has 1 atom stereocenters. The zero-order valence-corrected chi connectivity index (χ0v) is 18.9. The molecular weight excluding hydrogens is 324 g/mol. The molecule has 0 spiro atoms. The summed E-state index contributed by atoms with van der Waals surface area (Å²) in [5, 5.41) is 0. The average molecular weight is 363 g/mol. The first-order chi connectivity index (χ1) is 12.4. The Balaban J connectivity index is 0.00000176. The lowest BCUT2D eigenvalue weighted by Gasteiger charge is -2.45. The summed E-state index contributed by atoms with van der Waals surface area (Å²) in [7, 11) is 0. The van der Waals surface area contributed by atoms with Crippen LogP contribution in [-0.2, 0) is 6.42 Å². The first-order valence-electron chi connectivity index (χ1n) is 9.93. The molecule has 0 bridgehead atoms. The van der Waals surface area contributed by atoms with Gasteiger partial charge in [0.15, 0.2) is 0 Å². The summed E-state index contributed by atoms with van der Waals surface area (Å²) < 4.78 is 0. The SMILES string of the molecule is C#C.Cc1ccc(Cc2cccc(C)c2C(C)C(C)(C)C(C)(C)C)cc1C. The molecule has 0 fully saturated rings. The van der Waals surface area contributed by atoms with Gasteiger partial charge in [-0.25, -0.2) is 0 Å². The van der Waals surface area contributed by atoms with Crippen LogP contribution in [0, 0.1) is 44.4 Å². The van der Waals surface area contributed by atoms with Crippen molar-refractivity contribution in [1.82, 2.24) is 0 Å². The lowest BCUT2D eigenvalue weighted by molar-refractivity contribution is 0.101. The van der Waals surface area contributed by atoms with Crippen molar-refractivity contribution >= 4 is 0 Å². The second-order valence-corrected chi connectivity index (χ2v) is 9.44. The fourth-order valence-corrected chi connectivity index (χ4v) is 3.66. The Morgan fingerprint density at radius 3 is 1.93 bits per heavy atom. The van der Waals surface area contributed by atoms with Crippen molar-refractivity contribution in [2.75, 3.05) is 0 Å². The molecule has 0 amide bonds. The Morgan fingerprint density at radius 1 is 0.815 bits per heavy atom. The minimum Gasteiger partial charge on any atom is -0.124 e. The zero-order chi connectivity index (χ0) is 21.0. The minimum atomic E-state index is 0.219. The van der Waals surface area contributed by atoms with E-state index in [1.807, 2.05) is 0 Å². The quantitative estimate of drug-likeness (QED) is 0.490. The van der Waals surface area contributed by atoms with Gasteiger partial charge in [-0.15, -0.1) is 12.8 Å². The van der Waals surface area contributed by atoms with Crippen LogP contribution in [0.2, 0.25) is 0 Å². The molecule has 146 valence electrons. The van der Waals surface area contributed by atoms with Crippen LogP contribution in [0.3, 0.4) is 0 Å².